The van der Waals surface area contributed by atoms with E-state index in [9.17, 15) is 14.4 Å². The third kappa shape index (κ3) is 6.82. The number of rotatable bonds is 7. The Morgan fingerprint density at radius 1 is 1.12 bits per heavy atom. The number of hydrogen-bond acceptors (Lipinski definition) is 3. The molecule has 0 spiro atoms. The van der Waals surface area contributed by atoms with Gasteiger partial charge in [0.15, 0.2) is 0 Å². The highest BCUT2D eigenvalue weighted by atomic mass is 16.2. The van der Waals surface area contributed by atoms with E-state index in [2.05, 4.69) is 21.3 Å². The Bertz CT molecular complexity index is 629. The van der Waals surface area contributed by atoms with Crippen molar-refractivity contribution in [2.75, 3.05) is 17.7 Å². The van der Waals surface area contributed by atoms with E-state index in [1.54, 1.807) is 32.2 Å². The normalized spacial score (nSPS) is 11.6. The molecular weight excluding hydrogens is 320 g/mol. The smallest absolute Gasteiger partial charge is 0.319 e. The van der Waals surface area contributed by atoms with Crippen molar-refractivity contribution < 1.29 is 14.4 Å². The SMILES string of the molecule is CCC(=O)Nc1ccc(NC(=O)NC(CC(C)C)C(=O)NC)cc1C. The van der Waals surface area contributed by atoms with E-state index in [0.29, 0.717) is 24.2 Å². The van der Waals surface area contributed by atoms with E-state index >= 15 is 0 Å². The van der Waals surface area contributed by atoms with Crippen molar-refractivity contribution >= 4 is 29.2 Å². The molecule has 1 aromatic carbocycles. The van der Waals surface area contributed by atoms with Crippen LogP contribution in [0, 0.1) is 12.8 Å². The molecule has 1 aromatic rings. The Hall–Kier alpha value is -2.57. The van der Waals surface area contributed by atoms with Gasteiger partial charge in [0.25, 0.3) is 0 Å². The average molecular weight is 348 g/mol. The maximum absolute atomic E-state index is 12.2. The third-order valence-corrected chi connectivity index (χ3v) is 3.65. The summed E-state index contributed by atoms with van der Waals surface area (Å²) < 4.78 is 0. The summed E-state index contributed by atoms with van der Waals surface area (Å²) in [5.74, 6) is -0.0207. The minimum atomic E-state index is -0.589. The fourth-order valence-electron chi connectivity index (χ4n) is 2.32. The predicted octanol–water partition coefficient (Wildman–Crippen LogP) is 2.63. The van der Waals surface area contributed by atoms with Crippen LogP contribution in [-0.2, 0) is 9.59 Å². The van der Waals surface area contributed by atoms with Crippen LogP contribution in [0.5, 0.6) is 0 Å². The zero-order valence-corrected chi connectivity index (χ0v) is 15.5. The molecule has 7 nitrogen and oxygen atoms in total. The van der Waals surface area contributed by atoms with Gasteiger partial charge in [-0.05, 0) is 43.0 Å². The molecule has 0 saturated carbocycles. The fourth-order valence-corrected chi connectivity index (χ4v) is 2.32. The number of urea groups is 1. The zero-order valence-electron chi connectivity index (χ0n) is 15.5. The second-order valence-corrected chi connectivity index (χ2v) is 6.33. The first-order valence-electron chi connectivity index (χ1n) is 8.46. The second-order valence-electron chi connectivity index (χ2n) is 6.33. The summed E-state index contributed by atoms with van der Waals surface area (Å²) in [6.45, 7) is 7.61. The lowest BCUT2D eigenvalue weighted by Crippen LogP contribution is -2.47. The molecule has 4 amide bonds. The quantitative estimate of drug-likeness (QED) is 0.609. The van der Waals surface area contributed by atoms with Crippen LogP contribution in [0.15, 0.2) is 18.2 Å². The number of carbonyl (C=O) groups excluding carboxylic acids is 3. The lowest BCUT2D eigenvalue weighted by Gasteiger charge is -2.19. The third-order valence-electron chi connectivity index (χ3n) is 3.65. The van der Waals surface area contributed by atoms with Crippen LogP contribution in [0.2, 0.25) is 0 Å². The van der Waals surface area contributed by atoms with Crippen molar-refractivity contribution in [2.45, 2.75) is 46.6 Å². The van der Waals surface area contributed by atoms with E-state index in [1.165, 1.54) is 0 Å². The number of amides is 4. The van der Waals surface area contributed by atoms with Crippen LogP contribution >= 0.6 is 0 Å². The highest BCUT2D eigenvalue weighted by Gasteiger charge is 2.20. The number of nitrogens with one attached hydrogen (secondary N) is 4. The second kappa shape index (κ2) is 9.66. The number of anilines is 2. The lowest BCUT2D eigenvalue weighted by atomic mass is 10.0. The molecule has 0 aliphatic rings. The molecule has 0 fully saturated rings. The molecule has 1 atom stereocenters. The number of hydrogen-bond donors (Lipinski definition) is 4. The highest BCUT2D eigenvalue weighted by molar-refractivity contribution is 5.95. The largest absolute Gasteiger partial charge is 0.357 e. The average Bonchev–Trinajstić information content (AvgIpc) is 2.55. The van der Waals surface area contributed by atoms with Crippen molar-refractivity contribution in [2.24, 2.45) is 5.92 Å². The van der Waals surface area contributed by atoms with Crippen LogP contribution in [0.25, 0.3) is 0 Å². The van der Waals surface area contributed by atoms with Gasteiger partial charge < -0.3 is 21.3 Å². The zero-order chi connectivity index (χ0) is 19.0. The van der Waals surface area contributed by atoms with Gasteiger partial charge in [0.1, 0.15) is 6.04 Å². The first-order chi connectivity index (χ1) is 11.8. The maximum atomic E-state index is 12.2. The predicted molar refractivity (Wildman–Crippen MR) is 99.6 cm³/mol. The Morgan fingerprint density at radius 2 is 1.80 bits per heavy atom. The summed E-state index contributed by atoms with van der Waals surface area (Å²) in [5, 5.41) is 10.8. The molecular formula is C18H28N4O3. The van der Waals surface area contributed by atoms with Crippen LogP contribution in [0.3, 0.4) is 0 Å². The minimum absolute atomic E-state index is 0.0661. The number of benzene rings is 1. The molecule has 0 saturated heterocycles. The summed E-state index contributed by atoms with van der Waals surface area (Å²) in [7, 11) is 1.54. The fraction of sp³-hybridized carbons (Fsp3) is 0.500. The molecule has 0 heterocycles. The molecule has 0 radical (unpaired) electrons. The number of aryl methyl sites for hydroxylation is 1. The van der Waals surface area contributed by atoms with Crippen molar-refractivity contribution in [3.8, 4) is 0 Å². The highest BCUT2D eigenvalue weighted by Crippen LogP contribution is 2.20. The van der Waals surface area contributed by atoms with Crippen LogP contribution in [0.4, 0.5) is 16.2 Å². The van der Waals surface area contributed by atoms with E-state index in [0.717, 1.165) is 5.56 Å². The van der Waals surface area contributed by atoms with E-state index in [4.69, 9.17) is 0 Å². The van der Waals surface area contributed by atoms with Crippen molar-refractivity contribution in [3.05, 3.63) is 23.8 Å². The standard InChI is InChI=1S/C18H28N4O3/c1-6-16(23)21-14-8-7-13(10-12(14)4)20-18(25)22-15(9-11(2)3)17(24)19-5/h7-8,10-11,15H,6,9H2,1-5H3,(H,19,24)(H,21,23)(H2,20,22,25). The molecule has 138 valence electrons. The van der Waals surface area contributed by atoms with Crippen LogP contribution in [0.1, 0.15) is 39.2 Å². The van der Waals surface area contributed by atoms with Gasteiger partial charge in [-0.3, -0.25) is 9.59 Å². The lowest BCUT2D eigenvalue weighted by molar-refractivity contribution is -0.122. The summed E-state index contributed by atoms with van der Waals surface area (Å²) in [6.07, 6.45) is 0.951. The molecule has 7 heteroatoms. The van der Waals surface area contributed by atoms with Crippen molar-refractivity contribution in [1.82, 2.24) is 10.6 Å². The van der Waals surface area contributed by atoms with Gasteiger partial charge in [0.05, 0.1) is 0 Å². The Labute approximate surface area is 148 Å². The van der Waals surface area contributed by atoms with Gasteiger partial charge >= 0.3 is 6.03 Å². The summed E-state index contributed by atoms with van der Waals surface area (Å²) in [4.78, 5) is 35.5. The Kier molecular flexibility index (Phi) is 7.91. The van der Waals surface area contributed by atoms with Gasteiger partial charge in [-0.1, -0.05) is 20.8 Å². The molecule has 25 heavy (non-hydrogen) atoms. The molecule has 0 bridgehead atoms. The number of likely N-dealkylation sites (N-methyl/N-ethyl adjacent to an activating group) is 1. The number of carbonyl (C=O) groups is 3. The van der Waals surface area contributed by atoms with Crippen molar-refractivity contribution in [3.63, 3.8) is 0 Å². The maximum Gasteiger partial charge on any atom is 0.319 e. The summed E-state index contributed by atoms with van der Waals surface area (Å²) in [5.41, 5.74) is 2.13. The van der Waals surface area contributed by atoms with Gasteiger partial charge in [0.2, 0.25) is 11.8 Å². The molecule has 1 rings (SSSR count). The molecule has 0 aliphatic carbocycles. The van der Waals surface area contributed by atoms with Gasteiger partial charge in [-0.25, -0.2) is 4.79 Å². The topological polar surface area (TPSA) is 99.3 Å². The Balaban J connectivity index is 2.74. The summed E-state index contributed by atoms with van der Waals surface area (Å²) in [6, 6.07) is 4.17. The first-order valence-corrected chi connectivity index (χ1v) is 8.46. The molecule has 0 aromatic heterocycles. The van der Waals surface area contributed by atoms with Gasteiger partial charge in [-0.15, -0.1) is 0 Å². The molecule has 4 N–H and O–H groups in total. The Morgan fingerprint density at radius 3 is 2.32 bits per heavy atom. The van der Waals surface area contributed by atoms with Crippen molar-refractivity contribution in [1.29, 1.82) is 0 Å². The van der Waals surface area contributed by atoms with Crippen LogP contribution in [-0.4, -0.2) is 30.9 Å². The van der Waals surface area contributed by atoms with E-state index in [-0.39, 0.29) is 17.7 Å². The van der Waals surface area contributed by atoms with Gasteiger partial charge in [0, 0.05) is 24.8 Å². The first kappa shape index (κ1) is 20.5. The summed E-state index contributed by atoms with van der Waals surface area (Å²) >= 11 is 0. The minimum Gasteiger partial charge on any atom is -0.357 e. The van der Waals surface area contributed by atoms with Crippen LogP contribution < -0.4 is 21.3 Å². The molecule has 1 unspecified atom stereocenters. The molecule has 0 aliphatic heterocycles. The van der Waals surface area contributed by atoms with Gasteiger partial charge in [-0.2, -0.15) is 0 Å². The van der Waals surface area contributed by atoms with E-state index in [1.807, 2.05) is 20.8 Å². The van der Waals surface area contributed by atoms with E-state index < -0.39 is 12.1 Å². The monoisotopic (exact) mass is 348 g/mol.